The molecule has 0 aromatic carbocycles. The average molecular weight is 299 g/mol. The van der Waals surface area contributed by atoms with Crippen LogP contribution in [0.3, 0.4) is 0 Å². The molecule has 0 rings (SSSR count). The van der Waals surface area contributed by atoms with Gasteiger partial charge in [0, 0.05) is 6.42 Å². The fourth-order valence-corrected chi connectivity index (χ4v) is 2.21. The number of hydrogen-bond donors (Lipinski definition) is 2. The zero-order valence-corrected chi connectivity index (χ0v) is 13.3. The molecule has 0 aliphatic heterocycles. The maximum atomic E-state index is 12.2. The molecule has 1 unspecified atom stereocenters. The molecule has 21 heavy (non-hydrogen) atoms. The van der Waals surface area contributed by atoms with Crippen molar-refractivity contribution in [3.8, 4) is 0 Å². The molecule has 0 radical (unpaired) electrons. The summed E-state index contributed by atoms with van der Waals surface area (Å²) in [6.07, 6.45) is 7.91. The quantitative estimate of drug-likeness (QED) is 0.404. The predicted octanol–water partition coefficient (Wildman–Crippen LogP) is 2.92. The smallest absolute Gasteiger partial charge is 0.322 e. The number of carbonyl (C=O) groups excluding carboxylic acids is 2. The molecule has 1 amide bonds. The van der Waals surface area contributed by atoms with Crippen molar-refractivity contribution >= 4 is 17.7 Å². The van der Waals surface area contributed by atoms with Gasteiger partial charge in [-0.25, -0.2) is 0 Å². The minimum Gasteiger partial charge on any atom is -0.480 e. The summed E-state index contributed by atoms with van der Waals surface area (Å²) < 4.78 is 0. The Morgan fingerprint density at radius 2 is 1.57 bits per heavy atom. The average Bonchev–Trinajstić information content (AvgIpc) is 2.45. The second-order valence-corrected chi connectivity index (χ2v) is 5.44. The second-order valence-electron chi connectivity index (χ2n) is 5.44. The van der Waals surface area contributed by atoms with E-state index in [0.29, 0.717) is 12.8 Å². The van der Waals surface area contributed by atoms with E-state index < -0.39 is 24.3 Å². The molecule has 0 heterocycles. The van der Waals surface area contributed by atoms with Crippen LogP contribution in [0.5, 0.6) is 0 Å². The number of hydrogen-bond acceptors (Lipinski definition) is 3. The molecule has 0 aliphatic carbocycles. The Morgan fingerprint density at radius 3 is 2.14 bits per heavy atom. The molecule has 2 N–H and O–H groups in total. The van der Waals surface area contributed by atoms with E-state index in [1.807, 2.05) is 6.92 Å². The lowest BCUT2D eigenvalue weighted by molar-refractivity contribution is -0.140. The van der Waals surface area contributed by atoms with Crippen LogP contribution in [0.1, 0.15) is 71.6 Å². The van der Waals surface area contributed by atoms with Crippen LogP contribution < -0.4 is 5.32 Å². The van der Waals surface area contributed by atoms with Crippen molar-refractivity contribution in [3.05, 3.63) is 0 Å². The third-order valence-electron chi connectivity index (χ3n) is 3.49. The number of ketones is 1. The molecule has 0 saturated carbocycles. The number of Topliss-reactive ketones (excluding diaryl/α,β-unsaturated/α-hetero) is 1. The highest BCUT2D eigenvalue weighted by Crippen LogP contribution is 2.15. The van der Waals surface area contributed by atoms with Gasteiger partial charge in [-0.2, -0.15) is 0 Å². The molecule has 0 saturated heterocycles. The van der Waals surface area contributed by atoms with Gasteiger partial charge in [0.25, 0.3) is 0 Å². The van der Waals surface area contributed by atoms with Crippen LogP contribution in [0.4, 0.5) is 0 Å². The summed E-state index contributed by atoms with van der Waals surface area (Å²) in [5, 5.41) is 10.9. The summed E-state index contributed by atoms with van der Waals surface area (Å²) in [5.41, 5.74) is 0. The van der Waals surface area contributed by atoms with E-state index in [1.165, 1.54) is 6.42 Å². The van der Waals surface area contributed by atoms with Gasteiger partial charge in [0.1, 0.15) is 12.3 Å². The Hall–Kier alpha value is -1.39. The van der Waals surface area contributed by atoms with Gasteiger partial charge < -0.3 is 10.4 Å². The van der Waals surface area contributed by atoms with E-state index in [-0.39, 0.29) is 5.78 Å². The number of nitrogens with one attached hydrogen (secondary N) is 1. The van der Waals surface area contributed by atoms with E-state index in [2.05, 4.69) is 12.2 Å². The molecule has 0 fully saturated rings. The summed E-state index contributed by atoms with van der Waals surface area (Å²) in [5.74, 6) is -2.27. The Balaban J connectivity index is 4.27. The Bertz CT molecular complexity index is 328. The molecule has 122 valence electrons. The first-order chi connectivity index (χ1) is 10.0. The largest absolute Gasteiger partial charge is 0.480 e. The highest BCUT2D eigenvalue weighted by molar-refractivity contribution is 6.01. The van der Waals surface area contributed by atoms with E-state index in [1.54, 1.807) is 0 Å². The van der Waals surface area contributed by atoms with Crippen molar-refractivity contribution in [1.29, 1.82) is 0 Å². The minimum absolute atomic E-state index is 0.0529. The first kappa shape index (κ1) is 19.6. The van der Waals surface area contributed by atoms with Crippen molar-refractivity contribution in [1.82, 2.24) is 5.32 Å². The predicted molar refractivity (Wildman–Crippen MR) is 82.0 cm³/mol. The normalized spacial score (nSPS) is 11.9. The van der Waals surface area contributed by atoms with Gasteiger partial charge in [0.2, 0.25) is 5.91 Å². The molecule has 5 heteroatoms. The summed E-state index contributed by atoms with van der Waals surface area (Å²) >= 11 is 0. The van der Waals surface area contributed by atoms with Crippen molar-refractivity contribution in [2.75, 3.05) is 6.54 Å². The number of carbonyl (C=O) groups is 3. The van der Waals surface area contributed by atoms with E-state index in [9.17, 15) is 14.4 Å². The Labute approximate surface area is 127 Å². The lowest BCUT2D eigenvalue weighted by Gasteiger charge is -2.15. The minimum atomic E-state index is -1.09. The maximum absolute atomic E-state index is 12.2. The van der Waals surface area contributed by atoms with Crippen LogP contribution in [-0.2, 0) is 14.4 Å². The van der Waals surface area contributed by atoms with Gasteiger partial charge in [-0.05, 0) is 12.8 Å². The molecule has 0 aliphatic rings. The third-order valence-corrected chi connectivity index (χ3v) is 3.49. The van der Waals surface area contributed by atoms with E-state index in [0.717, 1.165) is 38.5 Å². The number of aliphatic carboxylic acids is 1. The zero-order chi connectivity index (χ0) is 16.1. The summed E-state index contributed by atoms with van der Waals surface area (Å²) in [7, 11) is 0. The number of carboxylic acids is 1. The monoisotopic (exact) mass is 299 g/mol. The summed E-state index contributed by atoms with van der Waals surface area (Å²) in [4.78, 5) is 34.6. The van der Waals surface area contributed by atoms with Gasteiger partial charge in [-0.3, -0.25) is 14.4 Å². The Morgan fingerprint density at radius 1 is 0.952 bits per heavy atom. The molecule has 1 atom stereocenters. The highest BCUT2D eigenvalue weighted by Gasteiger charge is 2.25. The number of amides is 1. The fraction of sp³-hybridized carbons (Fsp3) is 0.812. The van der Waals surface area contributed by atoms with Crippen LogP contribution >= 0.6 is 0 Å². The van der Waals surface area contributed by atoms with Crippen molar-refractivity contribution in [2.45, 2.75) is 71.6 Å². The summed E-state index contributed by atoms with van der Waals surface area (Å²) in [6, 6.07) is 0. The lowest BCUT2D eigenvalue weighted by atomic mass is 9.93. The van der Waals surface area contributed by atoms with Crippen LogP contribution in [-0.4, -0.2) is 29.3 Å². The standard InChI is InChI=1S/C16H29NO4/c1-3-5-7-8-9-11-14(18)13(10-6-4-2)16(21)17-12-15(19)20/h13H,3-12H2,1-2H3,(H,17,21)(H,19,20). The molecular weight excluding hydrogens is 270 g/mol. The summed E-state index contributed by atoms with van der Waals surface area (Å²) in [6.45, 7) is 3.71. The number of carboxylic acid groups (broad SMARTS) is 1. The first-order valence-electron chi connectivity index (χ1n) is 8.05. The van der Waals surface area contributed by atoms with Gasteiger partial charge in [-0.15, -0.1) is 0 Å². The zero-order valence-electron chi connectivity index (χ0n) is 13.3. The molecule has 0 bridgehead atoms. The van der Waals surface area contributed by atoms with Crippen LogP contribution in [0, 0.1) is 5.92 Å². The lowest BCUT2D eigenvalue weighted by Crippen LogP contribution is -2.38. The van der Waals surface area contributed by atoms with Crippen LogP contribution in [0.2, 0.25) is 0 Å². The van der Waals surface area contributed by atoms with Crippen molar-refractivity contribution in [2.24, 2.45) is 5.92 Å². The van der Waals surface area contributed by atoms with Gasteiger partial charge in [0.15, 0.2) is 0 Å². The number of unbranched alkanes of at least 4 members (excludes halogenated alkanes) is 5. The molecule has 0 aromatic heterocycles. The second kappa shape index (κ2) is 12.4. The number of rotatable bonds is 13. The molecule has 5 nitrogen and oxygen atoms in total. The van der Waals surface area contributed by atoms with Gasteiger partial charge >= 0.3 is 5.97 Å². The van der Waals surface area contributed by atoms with Crippen molar-refractivity contribution in [3.63, 3.8) is 0 Å². The van der Waals surface area contributed by atoms with Crippen molar-refractivity contribution < 1.29 is 19.5 Å². The van der Waals surface area contributed by atoms with Crippen LogP contribution in [0.15, 0.2) is 0 Å². The third kappa shape index (κ3) is 10.0. The Kier molecular flexibility index (Phi) is 11.5. The van der Waals surface area contributed by atoms with E-state index in [4.69, 9.17) is 5.11 Å². The molecule has 0 spiro atoms. The highest BCUT2D eigenvalue weighted by atomic mass is 16.4. The molecular formula is C16H29NO4. The SMILES string of the molecule is CCCCCCCC(=O)C(CCCC)C(=O)NCC(=O)O. The fourth-order valence-electron chi connectivity index (χ4n) is 2.21. The van der Waals surface area contributed by atoms with Crippen LogP contribution in [0.25, 0.3) is 0 Å². The van der Waals surface area contributed by atoms with Gasteiger partial charge in [-0.1, -0.05) is 52.4 Å². The van der Waals surface area contributed by atoms with Gasteiger partial charge in [0.05, 0.1) is 5.92 Å². The topological polar surface area (TPSA) is 83.5 Å². The maximum Gasteiger partial charge on any atom is 0.322 e. The first-order valence-corrected chi connectivity index (χ1v) is 8.05. The molecule has 0 aromatic rings. The van der Waals surface area contributed by atoms with E-state index >= 15 is 0 Å².